The molecule has 3 N–H and O–H groups in total. The number of esters is 2. The molecule has 0 aromatic carbocycles. The summed E-state index contributed by atoms with van der Waals surface area (Å²) in [7, 11) is -4.40. The Bertz CT molecular complexity index is 1170. The van der Waals surface area contributed by atoms with Crippen LogP contribution < -0.4 is 5.73 Å². The van der Waals surface area contributed by atoms with Crippen molar-refractivity contribution in [1.82, 2.24) is 0 Å². The van der Waals surface area contributed by atoms with E-state index in [2.05, 4.69) is 86.8 Å². The molecule has 0 radical (unpaired) electrons. The molecule has 0 spiro atoms. The number of carbonyl (C=O) groups is 2. The van der Waals surface area contributed by atoms with E-state index in [1.807, 2.05) is 12.2 Å². The predicted octanol–water partition coefficient (Wildman–Crippen LogP) is 12.0. The number of phosphoric acid groups is 1. The average molecular weight is 790 g/mol. The molecule has 0 aromatic rings. The maximum Gasteiger partial charge on any atom is 0.472 e. The predicted molar refractivity (Wildman–Crippen MR) is 229 cm³/mol. The van der Waals surface area contributed by atoms with Crippen LogP contribution in [0.25, 0.3) is 0 Å². The van der Waals surface area contributed by atoms with Crippen molar-refractivity contribution in [2.24, 2.45) is 5.73 Å². The lowest BCUT2D eigenvalue weighted by atomic mass is 10.1. The normalized spacial score (nSPS) is 14.2. The van der Waals surface area contributed by atoms with Crippen LogP contribution in [0.15, 0.2) is 85.1 Å². The van der Waals surface area contributed by atoms with E-state index in [9.17, 15) is 19.0 Å². The Balaban J connectivity index is 4.35. The lowest BCUT2D eigenvalue weighted by Crippen LogP contribution is -2.29. The monoisotopic (exact) mass is 790 g/mol. The minimum Gasteiger partial charge on any atom is -0.462 e. The van der Waals surface area contributed by atoms with Gasteiger partial charge in [0.25, 0.3) is 0 Å². The zero-order valence-corrected chi connectivity index (χ0v) is 35.3. The third-order valence-corrected chi connectivity index (χ3v) is 9.28. The fourth-order valence-corrected chi connectivity index (χ4v) is 5.90. The van der Waals surface area contributed by atoms with Crippen LogP contribution in [-0.4, -0.2) is 49.3 Å². The van der Waals surface area contributed by atoms with E-state index in [1.54, 1.807) is 0 Å². The van der Waals surface area contributed by atoms with Gasteiger partial charge in [0.05, 0.1) is 13.2 Å². The number of nitrogens with two attached hydrogens (primary N) is 1. The summed E-state index contributed by atoms with van der Waals surface area (Å²) >= 11 is 0. The van der Waals surface area contributed by atoms with Gasteiger partial charge in [-0.2, -0.15) is 0 Å². The van der Waals surface area contributed by atoms with E-state index in [-0.39, 0.29) is 32.6 Å². The van der Waals surface area contributed by atoms with Gasteiger partial charge >= 0.3 is 19.8 Å². The van der Waals surface area contributed by atoms with Crippen LogP contribution in [0, 0.1) is 0 Å². The largest absolute Gasteiger partial charge is 0.472 e. The molecule has 0 heterocycles. The summed E-state index contributed by atoms with van der Waals surface area (Å²) in [5.74, 6) is -0.951. The smallest absolute Gasteiger partial charge is 0.462 e. The molecule has 0 fully saturated rings. The SMILES string of the molecule is CCCCC/C=C/C/C=C/C/C=C/C/C=C/C/C=C/CCC(=O)OC[C@H](COP(=O)(O)OCCN)OC(=O)CCCCCCC/C=C/C=C/CCCCCC. The number of allylic oxidation sites excluding steroid dienone is 14. The molecule has 0 aromatic heterocycles. The molecule has 0 saturated heterocycles. The third kappa shape index (κ3) is 40.7. The molecule has 0 bridgehead atoms. The number of ether oxygens (including phenoxy) is 2. The summed E-state index contributed by atoms with van der Waals surface area (Å²) in [5.41, 5.74) is 5.34. The minimum absolute atomic E-state index is 0.0369. The first kappa shape index (κ1) is 52.2. The van der Waals surface area contributed by atoms with Crippen molar-refractivity contribution >= 4 is 19.8 Å². The first-order valence-electron chi connectivity index (χ1n) is 21.1. The Hall–Kier alpha value is -2.81. The van der Waals surface area contributed by atoms with Crippen LogP contribution in [0.1, 0.15) is 155 Å². The van der Waals surface area contributed by atoms with Gasteiger partial charge in [-0.3, -0.25) is 18.6 Å². The van der Waals surface area contributed by atoms with Crippen LogP contribution in [0.4, 0.5) is 0 Å². The summed E-state index contributed by atoms with van der Waals surface area (Å²) < 4.78 is 32.6. The summed E-state index contributed by atoms with van der Waals surface area (Å²) in [6.07, 6.45) is 50.5. The standard InChI is InChI=1S/C45H76NO8P/c1-3-5-7-9-11-13-15-17-19-20-21-22-24-25-27-29-31-33-35-37-44(47)51-41-43(42-53-55(49,50)52-40-39-46)54-45(48)38-36-34-32-30-28-26-23-18-16-14-12-10-8-6-4-2/h11,13-14,16-19,21-23,25,27,31,33,43H,3-10,12,15,20,24,26,28-30,32,34-42,46H2,1-2H3,(H,49,50)/b13-11+,16-14+,19-17+,22-21+,23-18+,27-25+,33-31+/t43-/m1/s1. The minimum atomic E-state index is -4.40. The molecular weight excluding hydrogens is 713 g/mol. The highest BCUT2D eigenvalue weighted by atomic mass is 31.2. The lowest BCUT2D eigenvalue weighted by Gasteiger charge is -2.19. The van der Waals surface area contributed by atoms with Gasteiger partial charge in [-0.1, -0.05) is 150 Å². The highest BCUT2D eigenvalue weighted by Gasteiger charge is 2.25. The van der Waals surface area contributed by atoms with Crippen molar-refractivity contribution in [3.8, 4) is 0 Å². The van der Waals surface area contributed by atoms with Crippen molar-refractivity contribution in [2.45, 2.75) is 161 Å². The van der Waals surface area contributed by atoms with Crippen molar-refractivity contribution in [2.75, 3.05) is 26.4 Å². The summed E-state index contributed by atoms with van der Waals surface area (Å²) in [6.45, 7) is 3.55. The molecule has 10 heteroatoms. The van der Waals surface area contributed by atoms with Crippen molar-refractivity contribution < 1.29 is 37.6 Å². The van der Waals surface area contributed by atoms with E-state index in [0.717, 1.165) is 64.2 Å². The maximum absolute atomic E-state index is 12.6. The second-order valence-electron chi connectivity index (χ2n) is 13.5. The molecular formula is C45H76NO8P. The molecule has 314 valence electrons. The quantitative estimate of drug-likeness (QED) is 0.0206. The average Bonchev–Trinajstić information content (AvgIpc) is 3.17. The van der Waals surface area contributed by atoms with Gasteiger partial charge in [-0.05, 0) is 77.0 Å². The van der Waals surface area contributed by atoms with Crippen LogP contribution in [-0.2, 0) is 32.7 Å². The van der Waals surface area contributed by atoms with Gasteiger partial charge in [0, 0.05) is 19.4 Å². The second-order valence-corrected chi connectivity index (χ2v) is 15.0. The van der Waals surface area contributed by atoms with Gasteiger partial charge in [0.15, 0.2) is 6.10 Å². The van der Waals surface area contributed by atoms with Crippen LogP contribution in [0.5, 0.6) is 0 Å². The Labute approximate surface area is 334 Å². The van der Waals surface area contributed by atoms with Crippen LogP contribution in [0.2, 0.25) is 0 Å². The Morgan fingerprint density at radius 2 is 1.04 bits per heavy atom. The Morgan fingerprint density at radius 3 is 1.62 bits per heavy atom. The Morgan fingerprint density at radius 1 is 0.564 bits per heavy atom. The zero-order valence-electron chi connectivity index (χ0n) is 34.4. The molecule has 0 aliphatic rings. The topological polar surface area (TPSA) is 134 Å². The summed E-state index contributed by atoms with van der Waals surface area (Å²) in [5, 5.41) is 0. The van der Waals surface area contributed by atoms with Crippen LogP contribution >= 0.6 is 7.82 Å². The zero-order chi connectivity index (χ0) is 40.3. The van der Waals surface area contributed by atoms with E-state index >= 15 is 0 Å². The molecule has 2 atom stereocenters. The van der Waals surface area contributed by atoms with Crippen molar-refractivity contribution in [3.05, 3.63) is 85.1 Å². The number of rotatable bonds is 38. The summed E-state index contributed by atoms with van der Waals surface area (Å²) in [4.78, 5) is 34.8. The number of unbranched alkanes of at least 4 members (excludes halogenated alkanes) is 12. The lowest BCUT2D eigenvalue weighted by molar-refractivity contribution is -0.161. The third-order valence-electron chi connectivity index (χ3n) is 8.29. The highest BCUT2D eigenvalue weighted by Crippen LogP contribution is 2.43. The van der Waals surface area contributed by atoms with Gasteiger partial charge < -0.3 is 20.1 Å². The Kier molecular flexibility index (Phi) is 38.8. The number of hydrogen-bond acceptors (Lipinski definition) is 8. The van der Waals surface area contributed by atoms with E-state index in [0.29, 0.717) is 12.8 Å². The summed E-state index contributed by atoms with van der Waals surface area (Å²) in [6, 6.07) is 0. The molecule has 0 aliphatic heterocycles. The molecule has 55 heavy (non-hydrogen) atoms. The van der Waals surface area contributed by atoms with Gasteiger partial charge in [0.2, 0.25) is 0 Å². The van der Waals surface area contributed by atoms with Crippen molar-refractivity contribution in [3.63, 3.8) is 0 Å². The number of phosphoric ester groups is 1. The fraction of sp³-hybridized carbons (Fsp3) is 0.644. The van der Waals surface area contributed by atoms with Gasteiger partial charge in [-0.15, -0.1) is 0 Å². The van der Waals surface area contributed by atoms with E-state index in [4.69, 9.17) is 24.3 Å². The molecule has 1 unspecified atom stereocenters. The second kappa shape index (κ2) is 40.8. The molecule has 0 aliphatic carbocycles. The molecule has 0 saturated carbocycles. The van der Waals surface area contributed by atoms with E-state index in [1.165, 1.54) is 51.4 Å². The number of hydrogen-bond donors (Lipinski definition) is 2. The molecule has 9 nitrogen and oxygen atoms in total. The first-order chi connectivity index (χ1) is 26.8. The maximum atomic E-state index is 12.6. The van der Waals surface area contributed by atoms with Gasteiger partial charge in [0.1, 0.15) is 6.61 Å². The highest BCUT2D eigenvalue weighted by molar-refractivity contribution is 7.47. The van der Waals surface area contributed by atoms with E-state index < -0.39 is 32.5 Å². The first-order valence-corrected chi connectivity index (χ1v) is 22.6. The van der Waals surface area contributed by atoms with Crippen LogP contribution in [0.3, 0.4) is 0 Å². The van der Waals surface area contributed by atoms with Gasteiger partial charge in [-0.25, -0.2) is 4.57 Å². The molecule has 0 amide bonds. The fourth-order valence-electron chi connectivity index (χ4n) is 5.14. The number of carbonyl (C=O) groups excluding carboxylic acids is 2. The van der Waals surface area contributed by atoms with Crippen molar-refractivity contribution in [1.29, 1.82) is 0 Å². The molecule has 0 rings (SSSR count).